The summed E-state index contributed by atoms with van der Waals surface area (Å²) >= 11 is 0. The van der Waals surface area contributed by atoms with Crippen LogP contribution < -0.4 is 10.6 Å². The largest absolute Gasteiger partial charge is 0.355 e. The van der Waals surface area contributed by atoms with Crippen LogP contribution in [0.25, 0.3) is 0 Å². The maximum absolute atomic E-state index is 12.6. The van der Waals surface area contributed by atoms with E-state index >= 15 is 0 Å². The Kier molecular flexibility index (Phi) is 5.19. The number of hydrogen-bond acceptors (Lipinski definition) is 3. The van der Waals surface area contributed by atoms with E-state index in [0.29, 0.717) is 18.4 Å². The van der Waals surface area contributed by atoms with Crippen LogP contribution in [0.3, 0.4) is 0 Å². The highest BCUT2D eigenvalue weighted by molar-refractivity contribution is 5.81. The molecular weight excluding hydrogens is 302 g/mol. The lowest BCUT2D eigenvalue weighted by Gasteiger charge is -2.44. The third kappa shape index (κ3) is 3.93. The van der Waals surface area contributed by atoms with Gasteiger partial charge in [-0.15, -0.1) is 0 Å². The summed E-state index contributed by atoms with van der Waals surface area (Å²) in [6, 6.07) is 0.212. The molecule has 5 heteroatoms. The normalized spacial score (nSPS) is 35.7. The number of nitrogens with zero attached hydrogens (tertiary/aromatic N) is 1. The molecule has 0 aromatic carbocycles. The second-order valence-corrected chi connectivity index (χ2v) is 9.01. The minimum atomic E-state index is -0.355. The van der Waals surface area contributed by atoms with Crippen LogP contribution in [0.1, 0.15) is 52.9 Å². The van der Waals surface area contributed by atoms with Crippen molar-refractivity contribution in [3.8, 4) is 0 Å². The van der Waals surface area contributed by atoms with E-state index in [4.69, 9.17) is 0 Å². The molecule has 5 nitrogen and oxygen atoms in total. The van der Waals surface area contributed by atoms with Gasteiger partial charge in [0.1, 0.15) is 0 Å². The molecule has 0 aromatic rings. The van der Waals surface area contributed by atoms with E-state index in [0.717, 1.165) is 38.9 Å². The summed E-state index contributed by atoms with van der Waals surface area (Å²) in [7, 11) is 0. The molecule has 24 heavy (non-hydrogen) atoms. The van der Waals surface area contributed by atoms with Crippen molar-refractivity contribution in [3.63, 3.8) is 0 Å². The Bertz CT molecular complexity index is 477. The quantitative estimate of drug-likeness (QED) is 0.823. The van der Waals surface area contributed by atoms with Gasteiger partial charge < -0.3 is 15.5 Å². The standard InChI is InChI=1S/C19H33N3O2/c1-19(2,3)18(24)21-16-6-4-5-14(16)11-20-17(23)15-12-22-9-7-13(15)8-10-22/h13-16H,4-12H2,1-3H3,(H,20,23)(H,21,24). The molecule has 1 saturated carbocycles. The lowest BCUT2D eigenvalue weighted by Crippen LogP contribution is -2.53. The van der Waals surface area contributed by atoms with Gasteiger partial charge in [-0.1, -0.05) is 27.2 Å². The summed E-state index contributed by atoms with van der Waals surface area (Å²) in [4.78, 5) is 27.3. The topological polar surface area (TPSA) is 61.4 Å². The van der Waals surface area contributed by atoms with Gasteiger partial charge in [0.25, 0.3) is 0 Å². The summed E-state index contributed by atoms with van der Waals surface area (Å²) in [5.74, 6) is 1.48. The molecule has 0 radical (unpaired) electrons. The third-order valence-electron chi connectivity index (χ3n) is 6.19. The van der Waals surface area contributed by atoms with Gasteiger partial charge in [-0.05, 0) is 50.6 Å². The number of carbonyl (C=O) groups is 2. The number of hydrogen-bond donors (Lipinski definition) is 2. The van der Waals surface area contributed by atoms with Gasteiger partial charge >= 0.3 is 0 Å². The zero-order valence-corrected chi connectivity index (χ0v) is 15.4. The monoisotopic (exact) mass is 335 g/mol. The SMILES string of the molecule is CC(C)(C)C(=O)NC1CCCC1CNC(=O)C1CN2CCC1CC2. The average Bonchev–Trinajstić information content (AvgIpc) is 3.00. The van der Waals surface area contributed by atoms with Crippen LogP contribution in [-0.4, -0.2) is 48.9 Å². The van der Waals surface area contributed by atoms with Gasteiger partial charge in [0.15, 0.2) is 0 Å². The van der Waals surface area contributed by atoms with E-state index in [1.54, 1.807) is 0 Å². The van der Waals surface area contributed by atoms with Crippen molar-refractivity contribution in [3.05, 3.63) is 0 Å². The third-order valence-corrected chi connectivity index (χ3v) is 6.19. The van der Waals surface area contributed by atoms with Crippen LogP contribution in [0.15, 0.2) is 0 Å². The second-order valence-electron chi connectivity index (χ2n) is 9.01. The van der Waals surface area contributed by atoms with E-state index in [1.165, 1.54) is 12.8 Å². The zero-order chi connectivity index (χ0) is 17.3. The molecule has 1 aliphatic carbocycles. The summed E-state index contributed by atoms with van der Waals surface area (Å²) in [6.45, 7) is 9.81. The number of fused-ring (bicyclic) bond motifs is 3. The van der Waals surface area contributed by atoms with Crippen molar-refractivity contribution in [2.75, 3.05) is 26.2 Å². The second kappa shape index (κ2) is 7.03. The zero-order valence-electron chi connectivity index (χ0n) is 15.4. The van der Waals surface area contributed by atoms with E-state index in [-0.39, 0.29) is 29.2 Å². The number of amides is 2. The molecule has 4 fully saturated rings. The Balaban J connectivity index is 1.48. The first-order valence-corrected chi connectivity index (χ1v) is 9.65. The minimum absolute atomic E-state index is 0.114. The van der Waals surface area contributed by atoms with Gasteiger partial charge in [-0.3, -0.25) is 9.59 Å². The number of rotatable bonds is 4. The number of carbonyl (C=O) groups excluding carboxylic acids is 2. The first-order valence-electron chi connectivity index (χ1n) is 9.65. The van der Waals surface area contributed by atoms with Crippen molar-refractivity contribution in [2.24, 2.45) is 23.2 Å². The summed E-state index contributed by atoms with van der Waals surface area (Å²) in [5.41, 5.74) is -0.355. The van der Waals surface area contributed by atoms with Gasteiger partial charge in [-0.2, -0.15) is 0 Å². The van der Waals surface area contributed by atoms with E-state index in [2.05, 4.69) is 15.5 Å². The molecular formula is C19H33N3O2. The molecule has 0 spiro atoms. The molecule has 3 atom stereocenters. The Morgan fingerprint density at radius 2 is 1.79 bits per heavy atom. The highest BCUT2D eigenvalue weighted by Gasteiger charge is 2.39. The average molecular weight is 335 g/mol. The molecule has 4 aliphatic rings. The van der Waals surface area contributed by atoms with E-state index in [9.17, 15) is 9.59 Å². The Morgan fingerprint density at radius 1 is 1.08 bits per heavy atom. The maximum atomic E-state index is 12.6. The minimum Gasteiger partial charge on any atom is -0.355 e. The van der Waals surface area contributed by atoms with Crippen molar-refractivity contribution < 1.29 is 9.59 Å². The first-order chi connectivity index (χ1) is 11.3. The van der Waals surface area contributed by atoms with E-state index in [1.807, 2.05) is 20.8 Å². The summed E-state index contributed by atoms with van der Waals surface area (Å²) in [6.07, 6.45) is 5.60. The predicted molar refractivity (Wildman–Crippen MR) is 94.4 cm³/mol. The van der Waals surface area contributed by atoms with Crippen molar-refractivity contribution in [1.29, 1.82) is 0 Å². The van der Waals surface area contributed by atoms with Crippen LogP contribution in [0.5, 0.6) is 0 Å². The van der Waals surface area contributed by atoms with Gasteiger partial charge in [0, 0.05) is 24.5 Å². The fourth-order valence-corrected chi connectivity index (χ4v) is 4.48. The fourth-order valence-electron chi connectivity index (χ4n) is 4.48. The van der Waals surface area contributed by atoms with Crippen LogP contribution in [-0.2, 0) is 9.59 Å². The maximum Gasteiger partial charge on any atom is 0.225 e. The highest BCUT2D eigenvalue weighted by atomic mass is 16.2. The lowest BCUT2D eigenvalue weighted by atomic mass is 9.78. The predicted octanol–water partition coefficient (Wildman–Crippen LogP) is 1.78. The van der Waals surface area contributed by atoms with Crippen molar-refractivity contribution >= 4 is 11.8 Å². The van der Waals surface area contributed by atoms with Crippen LogP contribution >= 0.6 is 0 Å². The smallest absolute Gasteiger partial charge is 0.225 e. The van der Waals surface area contributed by atoms with Crippen molar-refractivity contribution in [1.82, 2.24) is 15.5 Å². The number of nitrogens with one attached hydrogen (secondary N) is 2. The fraction of sp³-hybridized carbons (Fsp3) is 0.895. The van der Waals surface area contributed by atoms with Crippen LogP contribution in [0, 0.1) is 23.2 Å². The highest BCUT2D eigenvalue weighted by Crippen LogP contribution is 2.32. The van der Waals surface area contributed by atoms with Crippen molar-refractivity contribution in [2.45, 2.75) is 58.9 Å². The molecule has 2 bridgehead atoms. The Morgan fingerprint density at radius 3 is 2.38 bits per heavy atom. The summed E-state index contributed by atoms with van der Waals surface area (Å²) < 4.78 is 0. The molecule has 136 valence electrons. The molecule has 0 aromatic heterocycles. The first kappa shape index (κ1) is 17.7. The van der Waals surface area contributed by atoms with E-state index < -0.39 is 0 Å². The molecule has 3 heterocycles. The van der Waals surface area contributed by atoms with Crippen LogP contribution in [0.4, 0.5) is 0 Å². The molecule has 2 amide bonds. The molecule has 3 aliphatic heterocycles. The van der Waals surface area contributed by atoms with Crippen LogP contribution in [0.2, 0.25) is 0 Å². The molecule has 3 saturated heterocycles. The molecule has 4 rings (SSSR count). The number of piperidine rings is 3. The lowest BCUT2D eigenvalue weighted by molar-refractivity contribution is -0.131. The summed E-state index contributed by atoms with van der Waals surface area (Å²) in [5, 5.41) is 6.40. The van der Waals surface area contributed by atoms with Gasteiger partial charge in [-0.25, -0.2) is 0 Å². The molecule has 3 unspecified atom stereocenters. The van der Waals surface area contributed by atoms with Gasteiger partial charge in [0.2, 0.25) is 11.8 Å². The van der Waals surface area contributed by atoms with Gasteiger partial charge in [0.05, 0.1) is 5.92 Å². The Labute approximate surface area is 145 Å². The Hall–Kier alpha value is -1.10. The molecule has 2 N–H and O–H groups in total.